The molecule has 0 amide bonds. The zero-order valence-corrected chi connectivity index (χ0v) is 13.7. The van der Waals surface area contributed by atoms with Crippen molar-refractivity contribution in [2.75, 3.05) is 13.7 Å². The highest BCUT2D eigenvalue weighted by molar-refractivity contribution is 5.97. The monoisotopic (exact) mass is 327 g/mol. The molecule has 6 nitrogen and oxygen atoms in total. The Hall–Kier alpha value is -2.89. The number of ether oxygens (including phenoxy) is 2. The van der Waals surface area contributed by atoms with Gasteiger partial charge in [0.05, 0.1) is 24.5 Å². The molecule has 0 spiro atoms. The molecule has 0 aliphatic heterocycles. The first-order valence-corrected chi connectivity index (χ1v) is 7.70. The van der Waals surface area contributed by atoms with E-state index in [1.165, 1.54) is 13.2 Å². The Morgan fingerprint density at radius 2 is 2.00 bits per heavy atom. The van der Waals surface area contributed by atoms with Gasteiger partial charge in [-0.2, -0.15) is 4.98 Å². The summed E-state index contributed by atoms with van der Waals surface area (Å²) in [5.41, 5.74) is 1.47. The molecule has 0 aliphatic rings. The third-order valence-electron chi connectivity index (χ3n) is 3.79. The fraction of sp³-hybridized carbons (Fsp3) is 0.278. The molecule has 0 atom stereocenters. The van der Waals surface area contributed by atoms with Crippen molar-refractivity contribution in [3.8, 4) is 5.88 Å². The van der Waals surface area contributed by atoms with Crippen LogP contribution in [0.2, 0.25) is 0 Å². The van der Waals surface area contributed by atoms with Crippen LogP contribution in [-0.4, -0.2) is 24.7 Å². The lowest BCUT2D eigenvalue weighted by Crippen LogP contribution is -2.11. The number of carbonyl (C=O) groups excluding carboxylic acids is 1. The number of rotatable bonds is 4. The van der Waals surface area contributed by atoms with Gasteiger partial charge >= 0.3 is 5.97 Å². The minimum absolute atomic E-state index is 0.0635. The Bertz CT molecular complexity index is 990. The van der Waals surface area contributed by atoms with Crippen LogP contribution in [0.15, 0.2) is 33.5 Å². The summed E-state index contributed by atoms with van der Waals surface area (Å²) in [5, 5.41) is 0.684. The van der Waals surface area contributed by atoms with Gasteiger partial charge in [0.2, 0.25) is 17.0 Å². The van der Waals surface area contributed by atoms with Crippen LogP contribution in [0.3, 0.4) is 0 Å². The van der Waals surface area contributed by atoms with Gasteiger partial charge in [0.1, 0.15) is 11.1 Å². The number of hydrogen-bond acceptors (Lipinski definition) is 6. The minimum Gasteiger partial charge on any atom is -0.480 e. The van der Waals surface area contributed by atoms with Crippen LogP contribution in [0.25, 0.3) is 22.1 Å². The summed E-state index contributed by atoms with van der Waals surface area (Å²) in [5.74, 6) is -0.529. The van der Waals surface area contributed by atoms with Crippen molar-refractivity contribution in [3.63, 3.8) is 0 Å². The van der Waals surface area contributed by atoms with Gasteiger partial charge < -0.3 is 13.9 Å². The molecule has 0 N–H and O–H groups in total. The van der Waals surface area contributed by atoms with Crippen LogP contribution >= 0.6 is 0 Å². The van der Waals surface area contributed by atoms with Crippen molar-refractivity contribution in [1.82, 2.24) is 4.98 Å². The first kappa shape index (κ1) is 16.0. The second-order valence-electron chi connectivity index (χ2n) is 5.23. The molecule has 1 aromatic carbocycles. The second-order valence-corrected chi connectivity index (χ2v) is 5.23. The number of esters is 1. The Morgan fingerprint density at radius 1 is 1.21 bits per heavy atom. The highest BCUT2D eigenvalue weighted by Crippen LogP contribution is 2.24. The summed E-state index contributed by atoms with van der Waals surface area (Å²) >= 11 is 0. The van der Waals surface area contributed by atoms with E-state index in [1.54, 1.807) is 19.1 Å². The predicted molar refractivity (Wildman–Crippen MR) is 89.7 cm³/mol. The van der Waals surface area contributed by atoms with Gasteiger partial charge in [-0.05, 0) is 37.1 Å². The molecule has 0 saturated heterocycles. The molecule has 2 aromatic heterocycles. The molecule has 0 radical (unpaired) electrons. The van der Waals surface area contributed by atoms with Gasteiger partial charge in [0.25, 0.3) is 0 Å². The molecule has 0 bridgehead atoms. The number of benzene rings is 1. The van der Waals surface area contributed by atoms with E-state index in [1.807, 2.05) is 13.0 Å². The summed E-state index contributed by atoms with van der Waals surface area (Å²) in [6.07, 6.45) is 0.808. The Morgan fingerprint density at radius 3 is 2.67 bits per heavy atom. The molecule has 2 heterocycles. The van der Waals surface area contributed by atoms with E-state index in [0.29, 0.717) is 11.0 Å². The van der Waals surface area contributed by atoms with Gasteiger partial charge in [-0.3, -0.25) is 4.79 Å². The number of fused-ring (bicyclic) bond motifs is 2. The number of aryl methyl sites for hydroxylation is 1. The molecule has 124 valence electrons. The number of carbonyl (C=O) groups is 1. The number of aromatic nitrogens is 1. The van der Waals surface area contributed by atoms with Gasteiger partial charge in [0, 0.05) is 0 Å². The predicted octanol–water partition coefficient (Wildman–Crippen LogP) is 3.09. The maximum absolute atomic E-state index is 12.8. The highest BCUT2D eigenvalue weighted by Gasteiger charge is 2.19. The number of nitrogens with zero attached hydrogens (tertiary/aromatic N) is 1. The van der Waals surface area contributed by atoms with Crippen molar-refractivity contribution < 1.29 is 18.7 Å². The Kier molecular flexibility index (Phi) is 4.20. The average Bonchev–Trinajstić information content (AvgIpc) is 2.60. The summed E-state index contributed by atoms with van der Waals surface area (Å²) in [7, 11) is 1.39. The SMILES string of the molecule is CCOC(=O)c1cc2c(=O)c3cc(CC)ccc3oc2nc1OC. The molecule has 3 rings (SSSR count). The van der Waals surface area contributed by atoms with E-state index in [2.05, 4.69) is 4.98 Å². The molecule has 3 aromatic rings. The smallest absolute Gasteiger partial charge is 0.343 e. The van der Waals surface area contributed by atoms with E-state index in [4.69, 9.17) is 13.9 Å². The largest absolute Gasteiger partial charge is 0.480 e. The molecular formula is C18H17NO5. The normalized spacial score (nSPS) is 11.0. The maximum atomic E-state index is 12.8. The molecule has 0 saturated carbocycles. The molecule has 0 aliphatic carbocycles. The van der Waals surface area contributed by atoms with Crippen LogP contribution in [0.4, 0.5) is 0 Å². The first-order chi connectivity index (χ1) is 11.6. The Balaban J connectivity index is 2.33. The third-order valence-corrected chi connectivity index (χ3v) is 3.79. The van der Waals surface area contributed by atoms with E-state index in [9.17, 15) is 9.59 Å². The number of pyridine rings is 1. The van der Waals surface area contributed by atoms with Crippen LogP contribution in [-0.2, 0) is 11.2 Å². The molecule has 6 heteroatoms. The number of methoxy groups -OCH3 is 1. The lowest BCUT2D eigenvalue weighted by molar-refractivity contribution is 0.0522. The van der Waals surface area contributed by atoms with Crippen LogP contribution < -0.4 is 10.2 Å². The summed E-state index contributed by atoms with van der Waals surface area (Å²) in [6, 6.07) is 6.88. The summed E-state index contributed by atoms with van der Waals surface area (Å²) in [4.78, 5) is 29.0. The van der Waals surface area contributed by atoms with Gasteiger partial charge in [0.15, 0.2) is 0 Å². The van der Waals surface area contributed by atoms with Gasteiger partial charge in [-0.1, -0.05) is 13.0 Å². The standard InChI is InChI=1S/C18H17NO5/c1-4-10-6-7-14-11(8-10)15(20)12-9-13(18(21)23-5-2)16(22-3)19-17(12)24-14/h6-9H,4-5H2,1-3H3. The lowest BCUT2D eigenvalue weighted by Gasteiger charge is -2.09. The van der Waals surface area contributed by atoms with Gasteiger partial charge in [-0.25, -0.2) is 4.79 Å². The quantitative estimate of drug-likeness (QED) is 0.541. The van der Waals surface area contributed by atoms with Crippen molar-refractivity contribution >= 4 is 28.0 Å². The lowest BCUT2D eigenvalue weighted by atomic mass is 10.1. The fourth-order valence-corrected chi connectivity index (χ4v) is 2.54. The topological polar surface area (TPSA) is 78.6 Å². The van der Waals surface area contributed by atoms with Crippen molar-refractivity contribution in [2.24, 2.45) is 0 Å². The second kappa shape index (κ2) is 6.31. The van der Waals surface area contributed by atoms with E-state index >= 15 is 0 Å². The molecule has 0 unspecified atom stereocenters. The van der Waals surface area contributed by atoms with Crippen LogP contribution in [0.5, 0.6) is 5.88 Å². The molecule has 24 heavy (non-hydrogen) atoms. The van der Waals surface area contributed by atoms with Crippen molar-refractivity contribution in [3.05, 3.63) is 45.6 Å². The average molecular weight is 327 g/mol. The van der Waals surface area contributed by atoms with E-state index in [0.717, 1.165) is 12.0 Å². The van der Waals surface area contributed by atoms with Crippen molar-refractivity contribution in [2.45, 2.75) is 20.3 Å². The van der Waals surface area contributed by atoms with E-state index < -0.39 is 5.97 Å². The first-order valence-electron chi connectivity index (χ1n) is 7.70. The highest BCUT2D eigenvalue weighted by atomic mass is 16.5. The van der Waals surface area contributed by atoms with Crippen LogP contribution in [0.1, 0.15) is 29.8 Å². The molecular weight excluding hydrogens is 310 g/mol. The maximum Gasteiger partial charge on any atom is 0.343 e. The zero-order chi connectivity index (χ0) is 17.3. The molecule has 0 fully saturated rings. The number of hydrogen-bond donors (Lipinski definition) is 0. The van der Waals surface area contributed by atoms with Crippen molar-refractivity contribution in [1.29, 1.82) is 0 Å². The van der Waals surface area contributed by atoms with Gasteiger partial charge in [-0.15, -0.1) is 0 Å². The summed E-state index contributed by atoms with van der Waals surface area (Å²) in [6.45, 7) is 3.92. The third kappa shape index (κ3) is 2.60. The van der Waals surface area contributed by atoms with E-state index in [-0.39, 0.29) is 34.6 Å². The minimum atomic E-state index is -0.592. The fourth-order valence-electron chi connectivity index (χ4n) is 2.54. The van der Waals surface area contributed by atoms with Crippen LogP contribution in [0, 0.1) is 0 Å². The summed E-state index contributed by atoms with van der Waals surface area (Å²) < 4.78 is 15.8. The zero-order valence-electron chi connectivity index (χ0n) is 13.7. The Labute approximate surface area is 138 Å².